The number of rotatable bonds is 6. The zero-order chi connectivity index (χ0) is 20.2. The van der Waals surface area contributed by atoms with Gasteiger partial charge in [0.1, 0.15) is 0 Å². The number of nitrogens with one attached hydrogen (secondary N) is 1. The van der Waals surface area contributed by atoms with Gasteiger partial charge in [0, 0.05) is 18.3 Å². The lowest BCUT2D eigenvalue weighted by atomic mass is 9.99. The van der Waals surface area contributed by atoms with Gasteiger partial charge in [0.05, 0.1) is 6.04 Å². The van der Waals surface area contributed by atoms with Gasteiger partial charge in [-0.15, -0.1) is 0 Å². The highest BCUT2D eigenvalue weighted by molar-refractivity contribution is 5.94. The first-order valence-electron chi connectivity index (χ1n) is 9.66. The van der Waals surface area contributed by atoms with Crippen molar-refractivity contribution in [2.45, 2.75) is 19.5 Å². The third-order valence-electron chi connectivity index (χ3n) is 5.20. The van der Waals surface area contributed by atoms with Crippen molar-refractivity contribution in [3.05, 3.63) is 78.4 Å². The Morgan fingerprint density at radius 1 is 1.00 bits per heavy atom. The molecule has 0 aromatic heterocycles. The number of fused-ring (bicyclic) bond motifs is 1. The van der Waals surface area contributed by atoms with Gasteiger partial charge in [-0.3, -0.25) is 9.69 Å². The molecule has 3 aromatic rings. The molecule has 29 heavy (non-hydrogen) atoms. The average molecular weight is 388 g/mol. The van der Waals surface area contributed by atoms with E-state index in [1.54, 1.807) is 6.07 Å². The summed E-state index contributed by atoms with van der Waals surface area (Å²) in [5, 5.41) is 2.97. The summed E-state index contributed by atoms with van der Waals surface area (Å²) in [6.07, 6.45) is 0. The molecule has 148 valence electrons. The number of likely N-dealkylation sites (N-methyl/N-ethyl adjacent to an activating group) is 1. The molecule has 0 saturated heterocycles. The zero-order valence-corrected chi connectivity index (χ0v) is 16.6. The summed E-state index contributed by atoms with van der Waals surface area (Å²) in [5.41, 5.74) is 4.24. The van der Waals surface area contributed by atoms with Crippen molar-refractivity contribution >= 4 is 11.6 Å². The second kappa shape index (κ2) is 8.37. The van der Waals surface area contributed by atoms with Crippen LogP contribution in [0.3, 0.4) is 0 Å². The molecule has 0 bridgehead atoms. The molecule has 0 saturated carbocycles. The zero-order valence-electron chi connectivity index (χ0n) is 16.6. The molecule has 1 N–H and O–H groups in total. The molecule has 1 aliphatic rings. The lowest BCUT2D eigenvalue weighted by Gasteiger charge is -2.25. The minimum absolute atomic E-state index is 0.0662. The summed E-state index contributed by atoms with van der Waals surface area (Å²) in [5.74, 6) is 1.29. The van der Waals surface area contributed by atoms with Crippen LogP contribution in [0.1, 0.15) is 12.5 Å². The largest absolute Gasteiger partial charge is 0.454 e. The van der Waals surface area contributed by atoms with Gasteiger partial charge in [0.2, 0.25) is 12.7 Å². The Morgan fingerprint density at radius 2 is 1.72 bits per heavy atom. The number of hydrogen-bond acceptors (Lipinski definition) is 4. The van der Waals surface area contributed by atoms with Crippen LogP contribution in [0.2, 0.25) is 0 Å². The predicted octanol–water partition coefficient (Wildman–Crippen LogP) is 4.54. The molecule has 5 nitrogen and oxygen atoms in total. The summed E-state index contributed by atoms with van der Waals surface area (Å²) < 4.78 is 10.7. The van der Waals surface area contributed by atoms with E-state index >= 15 is 0 Å². The predicted molar refractivity (Wildman–Crippen MR) is 114 cm³/mol. The Bertz CT molecular complexity index is 1000. The number of carbonyl (C=O) groups excluding carboxylic acids is 1. The number of hydrogen-bond donors (Lipinski definition) is 1. The van der Waals surface area contributed by atoms with E-state index in [1.165, 1.54) is 16.7 Å². The molecule has 0 radical (unpaired) electrons. The number of benzene rings is 3. The van der Waals surface area contributed by atoms with Crippen LogP contribution in [0.4, 0.5) is 5.69 Å². The van der Waals surface area contributed by atoms with Crippen LogP contribution >= 0.6 is 0 Å². The molecule has 1 aliphatic heterocycles. The van der Waals surface area contributed by atoms with Gasteiger partial charge in [-0.25, -0.2) is 0 Å². The highest BCUT2D eigenvalue weighted by Crippen LogP contribution is 2.34. The Hall–Kier alpha value is -3.31. The minimum atomic E-state index is -0.302. The monoisotopic (exact) mass is 388 g/mol. The SMILES string of the molecule is CC(C(=O)Nc1ccc2c(c1)OCO2)N(C)Cc1ccccc1-c1ccccc1. The molecule has 3 aromatic carbocycles. The van der Waals surface area contributed by atoms with Crippen LogP contribution in [0.15, 0.2) is 72.8 Å². The molecular formula is C24H24N2O3. The fourth-order valence-electron chi connectivity index (χ4n) is 3.38. The lowest BCUT2D eigenvalue weighted by Crippen LogP contribution is -2.39. The quantitative estimate of drug-likeness (QED) is 0.674. The maximum absolute atomic E-state index is 12.8. The van der Waals surface area contributed by atoms with Gasteiger partial charge in [-0.2, -0.15) is 0 Å². The Balaban J connectivity index is 1.45. The summed E-state index contributed by atoms with van der Waals surface area (Å²) in [6.45, 7) is 2.79. The van der Waals surface area contributed by atoms with Gasteiger partial charge in [-0.05, 0) is 42.8 Å². The van der Waals surface area contributed by atoms with Crippen LogP contribution < -0.4 is 14.8 Å². The topological polar surface area (TPSA) is 50.8 Å². The van der Waals surface area contributed by atoms with E-state index in [0.29, 0.717) is 23.7 Å². The third kappa shape index (κ3) is 4.25. The number of anilines is 1. The molecule has 0 spiro atoms. The van der Waals surface area contributed by atoms with Gasteiger partial charge in [0.15, 0.2) is 11.5 Å². The minimum Gasteiger partial charge on any atom is -0.454 e. The Morgan fingerprint density at radius 3 is 2.55 bits per heavy atom. The van der Waals surface area contributed by atoms with E-state index in [2.05, 4.69) is 29.6 Å². The van der Waals surface area contributed by atoms with Crippen LogP contribution in [-0.4, -0.2) is 30.7 Å². The normalized spacial score (nSPS) is 13.3. The van der Waals surface area contributed by atoms with E-state index in [9.17, 15) is 4.79 Å². The van der Waals surface area contributed by atoms with Crippen molar-refractivity contribution in [2.24, 2.45) is 0 Å². The summed E-state index contributed by atoms with van der Waals surface area (Å²) in [4.78, 5) is 14.8. The molecule has 1 amide bonds. The second-order valence-corrected chi connectivity index (χ2v) is 7.17. The fraction of sp³-hybridized carbons (Fsp3) is 0.208. The molecule has 4 rings (SSSR count). The number of carbonyl (C=O) groups is 1. The average Bonchev–Trinajstić information content (AvgIpc) is 3.22. The van der Waals surface area contributed by atoms with Crippen LogP contribution in [0.5, 0.6) is 11.5 Å². The first-order valence-corrected chi connectivity index (χ1v) is 9.66. The molecular weight excluding hydrogens is 364 g/mol. The van der Waals surface area contributed by atoms with Crippen molar-refractivity contribution in [3.8, 4) is 22.6 Å². The van der Waals surface area contributed by atoms with Crippen molar-refractivity contribution in [3.63, 3.8) is 0 Å². The molecule has 5 heteroatoms. The molecule has 1 heterocycles. The molecule has 1 atom stereocenters. The van der Waals surface area contributed by atoms with Gasteiger partial charge < -0.3 is 14.8 Å². The van der Waals surface area contributed by atoms with Crippen LogP contribution in [-0.2, 0) is 11.3 Å². The van der Waals surface area contributed by atoms with Gasteiger partial charge >= 0.3 is 0 Å². The van der Waals surface area contributed by atoms with Crippen molar-refractivity contribution in [1.82, 2.24) is 4.90 Å². The van der Waals surface area contributed by atoms with E-state index in [1.807, 2.05) is 61.3 Å². The summed E-state index contributed by atoms with van der Waals surface area (Å²) in [6, 6.07) is 23.7. The third-order valence-corrected chi connectivity index (χ3v) is 5.20. The standard InChI is InChI=1S/C24H24N2O3/c1-17(24(27)25-20-12-13-22-23(14-20)29-16-28-22)26(2)15-19-10-6-7-11-21(19)18-8-4-3-5-9-18/h3-14,17H,15-16H2,1-2H3,(H,25,27). The first kappa shape index (κ1) is 19.0. The summed E-state index contributed by atoms with van der Waals surface area (Å²) >= 11 is 0. The fourth-order valence-corrected chi connectivity index (χ4v) is 3.38. The smallest absolute Gasteiger partial charge is 0.241 e. The van der Waals surface area contributed by atoms with Gasteiger partial charge in [0.25, 0.3) is 0 Å². The summed E-state index contributed by atoms with van der Waals surface area (Å²) in [7, 11) is 1.96. The highest BCUT2D eigenvalue weighted by Gasteiger charge is 2.21. The van der Waals surface area contributed by atoms with E-state index < -0.39 is 0 Å². The maximum Gasteiger partial charge on any atom is 0.241 e. The Labute approximate surface area is 170 Å². The number of ether oxygens (including phenoxy) is 2. The van der Waals surface area contributed by atoms with Crippen molar-refractivity contribution in [1.29, 1.82) is 0 Å². The van der Waals surface area contributed by atoms with E-state index in [0.717, 1.165) is 0 Å². The highest BCUT2D eigenvalue weighted by atomic mass is 16.7. The molecule has 1 unspecified atom stereocenters. The van der Waals surface area contributed by atoms with Gasteiger partial charge in [-0.1, -0.05) is 54.6 Å². The van der Waals surface area contributed by atoms with E-state index in [4.69, 9.17) is 9.47 Å². The lowest BCUT2D eigenvalue weighted by molar-refractivity contribution is -0.120. The number of amides is 1. The second-order valence-electron chi connectivity index (χ2n) is 7.17. The number of nitrogens with zero attached hydrogens (tertiary/aromatic N) is 1. The van der Waals surface area contributed by atoms with Crippen molar-refractivity contribution in [2.75, 3.05) is 19.2 Å². The van der Waals surface area contributed by atoms with Crippen LogP contribution in [0, 0.1) is 0 Å². The van der Waals surface area contributed by atoms with Crippen molar-refractivity contribution < 1.29 is 14.3 Å². The molecule has 0 aliphatic carbocycles. The Kier molecular flexibility index (Phi) is 5.49. The first-order chi connectivity index (χ1) is 14.1. The molecule has 0 fully saturated rings. The maximum atomic E-state index is 12.8. The van der Waals surface area contributed by atoms with E-state index in [-0.39, 0.29) is 18.7 Å². The van der Waals surface area contributed by atoms with Crippen LogP contribution in [0.25, 0.3) is 11.1 Å².